The van der Waals surface area contributed by atoms with E-state index in [0.717, 1.165) is 31.4 Å². The minimum Gasteiger partial charge on any atom is -0.352 e. The van der Waals surface area contributed by atoms with Crippen molar-refractivity contribution in [3.8, 4) is 0 Å². The Morgan fingerprint density at radius 1 is 0.962 bits per heavy atom. The van der Waals surface area contributed by atoms with Gasteiger partial charge < -0.3 is 18.9 Å². The quantitative estimate of drug-likeness (QED) is 0.699. The van der Waals surface area contributed by atoms with Crippen molar-refractivity contribution in [1.82, 2.24) is 0 Å². The Morgan fingerprint density at radius 2 is 1.69 bits per heavy atom. The average molecular weight is 368 g/mol. The summed E-state index contributed by atoms with van der Waals surface area (Å²) in [5.41, 5.74) is 0.493. The zero-order valence-corrected chi connectivity index (χ0v) is 15.0. The third kappa shape index (κ3) is 5.33. The van der Waals surface area contributed by atoms with Crippen molar-refractivity contribution in [2.75, 3.05) is 26.4 Å². The maximum atomic E-state index is 13.3. The van der Waals surface area contributed by atoms with Crippen LogP contribution in [-0.4, -0.2) is 32.7 Å². The van der Waals surface area contributed by atoms with Crippen LogP contribution in [0.2, 0.25) is 0 Å². The van der Waals surface area contributed by atoms with Gasteiger partial charge in [0, 0.05) is 17.4 Å². The van der Waals surface area contributed by atoms with E-state index in [9.17, 15) is 8.78 Å². The van der Waals surface area contributed by atoms with Crippen LogP contribution in [0.25, 0.3) is 0 Å². The molecule has 3 rings (SSSR count). The molecule has 0 bridgehead atoms. The van der Waals surface area contributed by atoms with Gasteiger partial charge >= 0.3 is 0 Å². The summed E-state index contributed by atoms with van der Waals surface area (Å²) in [5.74, 6) is -1.19. The van der Waals surface area contributed by atoms with E-state index < -0.39 is 17.9 Å². The Kier molecular flexibility index (Phi) is 7.14. The first-order chi connectivity index (χ1) is 12.7. The molecule has 26 heavy (non-hydrogen) atoms. The second kappa shape index (κ2) is 9.55. The standard InChI is InChI=1S/C20H26F2O4/c1-2-3-4-14-10-23-19(24-11-14)8-5-15-12-25-20(26-13-15)16-6-7-17(21)18(22)9-16/h3-4,6-7,9,14-15,19-20H,2,5,8,10-13H2,1H3/t14-,15-,19-,20-. The molecule has 4 nitrogen and oxygen atoms in total. The second-order valence-electron chi connectivity index (χ2n) is 6.81. The fourth-order valence-corrected chi connectivity index (χ4v) is 3.10. The van der Waals surface area contributed by atoms with E-state index in [-0.39, 0.29) is 12.2 Å². The van der Waals surface area contributed by atoms with E-state index in [0.29, 0.717) is 37.9 Å². The van der Waals surface area contributed by atoms with Gasteiger partial charge in [0.2, 0.25) is 0 Å². The highest BCUT2D eigenvalue weighted by Crippen LogP contribution is 2.28. The number of hydrogen-bond acceptors (Lipinski definition) is 4. The summed E-state index contributed by atoms with van der Waals surface area (Å²) in [5, 5.41) is 0. The Bertz CT molecular complexity index is 591. The highest BCUT2D eigenvalue weighted by atomic mass is 19.2. The third-order valence-corrected chi connectivity index (χ3v) is 4.63. The number of hydrogen-bond donors (Lipinski definition) is 0. The van der Waals surface area contributed by atoms with E-state index in [1.54, 1.807) is 0 Å². The SMILES string of the molecule is CCC=C[C@H]1CO[C@H](CC[C@H]2CO[C@H](c3ccc(F)c(F)c3)OC2)OC1. The molecule has 0 spiro atoms. The van der Waals surface area contributed by atoms with Crippen LogP contribution in [0.15, 0.2) is 30.4 Å². The number of benzene rings is 1. The van der Waals surface area contributed by atoms with Gasteiger partial charge in [0.25, 0.3) is 0 Å². The lowest BCUT2D eigenvalue weighted by Gasteiger charge is -2.32. The molecule has 0 N–H and O–H groups in total. The first-order valence-electron chi connectivity index (χ1n) is 9.23. The van der Waals surface area contributed by atoms with E-state index in [2.05, 4.69) is 19.1 Å². The molecule has 2 saturated heterocycles. The van der Waals surface area contributed by atoms with Crippen LogP contribution in [0, 0.1) is 23.5 Å². The molecular weight excluding hydrogens is 342 g/mol. The lowest BCUT2D eigenvalue weighted by molar-refractivity contribution is -0.217. The molecule has 0 amide bonds. The van der Waals surface area contributed by atoms with Crippen LogP contribution >= 0.6 is 0 Å². The lowest BCUT2D eigenvalue weighted by Crippen LogP contribution is -2.33. The van der Waals surface area contributed by atoms with Gasteiger partial charge in [0.1, 0.15) is 0 Å². The molecule has 0 unspecified atom stereocenters. The minimum absolute atomic E-state index is 0.176. The molecule has 2 aliphatic rings. The van der Waals surface area contributed by atoms with Crippen LogP contribution in [0.4, 0.5) is 8.78 Å². The Balaban J connectivity index is 1.37. The fourth-order valence-electron chi connectivity index (χ4n) is 3.10. The maximum absolute atomic E-state index is 13.3. The second-order valence-corrected chi connectivity index (χ2v) is 6.81. The van der Waals surface area contributed by atoms with Crippen LogP contribution in [0.1, 0.15) is 38.0 Å². The largest absolute Gasteiger partial charge is 0.352 e. The van der Waals surface area contributed by atoms with Crippen LogP contribution in [-0.2, 0) is 18.9 Å². The van der Waals surface area contributed by atoms with E-state index in [1.165, 1.54) is 6.07 Å². The molecule has 2 aliphatic heterocycles. The van der Waals surface area contributed by atoms with Crippen LogP contribution in [0.3, 0.4) is 0 Å². The van der Waals surface area contributed by atoms with Crippen LogP contribution < -0.4 is 0 Å². The zero-order valence-electron chi connectivity index (χ0n) is 15.0. The molecule has 6 heteroatoms. The summed E-state index contributed by atoms with van der Waals surface area (Å²) in [4.78, 5) is 0. The topological polar surface area (TPSA) is 36.9 Å². The minimum atomic E-state index is -0.893. The third-order valence-electron chi connectivity index (χ3n) is 4.63. The molecule has 0 aromatic heterocycles. The Morgan fingerprint density at radius 3 is 2.35 bits per heavy atom. The predicted molar refractivity (Wildman–Crippen MR) is 92.3 cm³/mol. The van der Waals surface area contributed by atoms with Crippen molar-refractivity contribution >= 4 is 0 Å². The molecular formula is C20H26F2O4. The highest BCUT2D eigenvalue weighted by molar-refractivity contribution is 5.19. The van der Waals surface area contributed by atoms with Crippen molar-refractivity contribution in [1.29, 1.82) is 0 Å². The first kappa shape index (κ1) is 19.4. The molecule has 1 aromatic rings. The van der Waals surface area contributed by atoms with Crippen molar-refractivity contribution in [3.05, 3.63) is 47.5 Å². The number of halogens is 2. The zero-order chi connectivity index (χ0) is 18.4. The summed E-state index contributed by atoms with van der Waals surface area (Å²) in [6, 6.07) is 3.69. The molecule has 0 aliphatic carbocycles. The van der Waals surface area contributed by atoms with Gasteiger partial charge in [-0.05, 0) is 31.4 Å². The molecule has 0 radical (unpaired) electrons. The smallest absolute Gasteiger partial charge is 0.183 e. The molecule has 2 heterocycles. The summed E-state index contributed by atoms with van der Waals surface area (Å²) < 4.78 is 49.2. The van der Waals surface area contributed by atoms with E-state index in [1.807, 2.05) is 0 Å². The van der Waals surface area contributed by atoms with Gasteiger partial charge in [0.15, 0.2) is 24.2 Å². The summed E-state index contributed by atoms with van der Waals surface area (Å²) >= 11 is 0. The van der Waals surface area contributed by atoms with Crippen molar-refractivity contribution < 1.29 is 27.7 Å². The van der Waals surface area contributed by atoms with Crippen LogP contribution in [0.5, 0.6) is 0 Å². The highest BCUT2D eigenvalue weighted by Gasteiger charge is 2.26. The lowest BCUT2D eigenvalue weighted by atomic mass is 10.0. The number of rotatable bonds is 6. The fraction of sp³-hybridized carbons (Fsp3) is 0.600. The Labute approximate surface area is 153 Å². The molecule has 0 atom stereocenters. The average Bonchev–Trinajstić information content (AvgIpc) is 2.68. The molecule has 144 valence electrons. The predicted octanol–water partition coefficient (Wildman–Crippen LogP) is 4.36. The molecule has 2 fully saturated rings. The first-order valence-corrected chi connectivity index (χ1v) is 9.23. The van der Waals surface area contributed by atoms with Crippen molar-refractivity contribution in [3.63, 3.8) is 0 Å². The maximum Gasteiger partial charge on any atom is 0.183 e. The number of ether oxygens (including phenoxy) is 4. The monoisotopic (exact) mass is 368 g/mol. The van der Waals surface area contributed by atoms with Crippen molar-refractivity contribution in [2.24, 2.45) is 11.8 Å². The van der Waals surface area contributed by atoms with E-state index >= 15 is 0 Å². The van der Waals surface area contributed by atoms with E-state index in [4.69, 9.17) is 18.9 Å². The summed E-state index contributed by atoms with van der Waals surface area (Å²) in [6.45, 7) is 4.51. The molecule has 0 saturated carbocycles. The summed E-state index contributed by atoms with van der Waals surface area (Å²) in [7, 11) is 0. The van der Waals surface area contributed by atoms with Gasteiger partial charge in [-0.3, -0.25) is 0 Å². The van der Waals surface area contributed by atoms with Gasteiger partial charge in [-0.15, -0.1) is 0 Å². The van der Waals surface area contributed by atoms with Gasteiger partial charge in [0.05, 0.1) is 26.4 Å². The van der Waals surface area contributed by atoms with Gasteiger partial charge in [-0.1, -0.05) is 25.1 Å². The van der Waals surface area contributed by atoms with Crippen molar-refractivity contribution in [2.45, 2.75) is 38.8 Å². The Hall–Kier alpha value is -1.34. The summed E-state index contributed by atoms with van der Waals surface area (Å²) in [6.07, 6.45) is 6.14. The normalized spacial score (nSPS) is 30.0. The molecule has 1 aromatic carbocycles. The van der Waals surface area contributed by atoms with Gasteiger partial charge in [-0.25, -0.2) is 8.78 Å². The van der Waals surface area contributed by atoms with Gasteiger partial charge in [-0.2, -0.15) is 0 Å². The number of allylic oxidation sites excluding steroid dienone is 1.